The summed E-state index contributed by atoms with van der Waals surface area (Å²) in [5, 5.41) is 0. The Labute approximate surface area is 129 Å². The molecule has 110 valence electrons. The Morgan fingerprint density at radius 2 is 2.09 bits per heavy atom. The van der Waals surface area contributed by atoms with Crippen molar-refractivity contribution in [2.75, 3.05) is 13.3 Å². The van der Waals surface area contributed by atoms with Crippen molar-refractivity contribution in [3.8, 4) is 17.2 Å². The Morgan fingerprint density at radius 1 is 1.23 bits per heavy atom. The Kier molecular flexibility index (Phi) is 2.93. The molecule has 2 unspecified atom stereocenters. The summed E-state index contributed by atoms with van der Waals surface area (Å²) in [4.78, 5) is 3.23. The zero-order chi connectivity index (χ0) is 15.1. The van der Waals surface area contributed by atoms with Crippen LogP contribution in [0.5, 0.6) is 17.2 Å². The first-order chi connectivity index (χ1) is 10.8. The van der Waals surface area contributed by atoms with Gasteiger partial charge >= 0.3 is 6.73 Å². The van der Waals surface area contributed by atoms with Crippen molar-refractivity contribution in [3.63, 3.8) is 0 Å². The van der Waals surface area contributed by atoms with Crippen LogP contribution in [0, 0.1) is 13.5 Å². The fourth-order valence-electron chi connectivity index (χ4n) is 3.28. The largest absolute Gasteiger partial charge is 0.492 e. The second-order valence-electron chi connectivity index (χ2n) is 5.53. The van der Waals surface area contributed by atoms with E-state index in [2.05, 4.69) is 10.9 Å². The van der Waals surface area contributed by atoms with Gasteiger partial charge in [0, 0.05) is 16.7 Å². The highest BCUT2D eigenvalue weighted by Gasteiger charge is 2.41. The maximum absolute atomic E-state index is 6.83. The predicted molar refractivity (Wildman–Crippen MR) is 81.3 cm³/mol. The highest BCUT2D eigenvalue weighted by atomic mass is 16.5. The van der Waals surface area contributed by atoms with Crippen LogP contribution in [0.4, 0.5) is 0 Å². The first-order valence-corrected chi connectivity index (χ1v) is 7.27. The maximum Gasteiger partial charge on any atom is 0.357 e. The molecule has 2 heterocycles. The van der Waals surface area contributed by atoms with Gasteiger partial charge in [-0.3, -0.25) is 4.85 Å². The molecular formula is C18H15NO3. The van der Waals surface area contributed by atoms with Crippen LogP contribution in [-0.2, 0) is 0 Å². The van der Waals surface area contributed by atoms with Crippen molar-refractivity contribution in [1.82, 2.24) is 0 Å². The van der Waals surface area contributed by atoms with E-state index >= 15 is 0 Å². The molecule has 0 spiro atoms. The number of fused-ring (bicyclic) bond motifs is 5. The summed E-state index contributed by atoms with van der Waals surface area (Å²) in [6.45, 7) is 9.41. The number of rotatable bonds is 2. The van der Waals surface area contributed by atoms with Crippen LogP contribution in [0.1, 0.15) is 28.7 Å². The SMILES string of the molecule is [C-]#[N+]COc1ccc2c(c1C)OCC1c3ccccc3OC21. The topological polar surface area (TPSA) is 32.0 Å². The summed E-state index contributed by atoms with van der Waals surface area (Å²) in [6.07, 6.45) is -0.00485. The van der Waals surface area contributed by atoms with Crippen LogP contribution in [0.3, 0.4) is 0 Å². The summed E-state index contributed by atoms with van der Waals surface area (Å²) in [7, 11) is 0. The van der Waals surface area contributed by atoms with E-state index in [0.717, 1.165) is 22.6 Å². The van der Waals surface area contributed by atoms with Gasteiger partial charge in [-0.15, -0.1) is 0 Å². The molecule has 0 saturated carbocycles. The fourth-order valence-corrected chi connectivity index (χ4v) is 3.28. The molecule has 2 aromatic rings. The summed E-state index contributed by atoms with van der Waals surface area (Å²) >= 11 is 0. The Morgan fingerprint density at radius 3 is 2.95 bits per heavy atom. The minimum Gasteiger partial charge on any atom is -0.492 e. The lowest BCUT2D eigenvalue weighted by molar-refractivity contribution is 0.138. The molecule has 4 rings (SSSR count). The lowest BCUT2D eigenvalue weighted by Crippen LogP contribution is -2.23. The van der Waals surface area contributed by atoms with Crippen molar-refractivity contribution >= 4 is 0 Å². The molecule has 22 heavy (non-hydrogen) atoms. The molecule has 0 amide bonds. The molecule has 0 radical (unpaired) electrons. The van der Waals surface area contributed by atoms with Gasteiger partial charge in [0.1, 0.15) is 23.4 Å². The predicted octanol–water partition coefficient (Wildman–Crippen LogP) is 3.86. The molecule has 0 bridgehead atoms. The number of hydrogen-bond acceptors (Lipinski definition) is 3. The quantitative estimate of drug-likeness (QED) is 0.788. The molecule has 2 aliphatic heterocycles. The number of benzene rings is 2. The molecule has 2 atom stereocenters. The molecule has 0 aliphatic carbocycles. The van der Waals surface area contributed by atoms with Crippen LogP contribution in [-0.4, -0.2) is 13.3 Å². The van der Waals surface area contributed by atoms with E-state index in [1.807, 2.05) is 37.3 Å². The van der Waals surface area contributed by atoms with Gasteiger partial charge in [-0.25, -0.2) is 6.57 Å². The minimum absolute atomic E-state index is 0.00485. The van der Waals surface area contributed by atoms with Gasteiger partial charge in [-0.2, -0.15) is 0 Å². The number of ether oxygens (including phenoxy) is 3. The first-order valence-electron chi connectivity index (χ1n) is 7.27. The maximum atomic E-state index is 6.83. The van der Waals surface area contributed by atoms with Crippen LogP contribution in [0.2, 0.25) is 0 Å². The van der Waals surface area contributed by atoms with Crippen LogP contribution in [0.15, 0.2) is 36.4 Å². The van der Waals surface area contributed by atoms with Gasteiger partial charge in [-0.05, 0) is 25.1 Å². The second kappa shape index (κ2) is 4.96. The van der Waals surface area contributed by atoms with Gasteiger partial charge in [0.25, 0.3) is 0 Å². The first kappa shape index (κ1) is 13.0. The molecule has 0 saturated heterocycles. The minimum atomic E-state index is -0.00485. The third-order valence-electron chi connectivity index (χ3n) is 4.32. The zero-order valence-electron chi connectivity index (χ0n) is 12.2. The molecule has 2 aromatic carbocycles. The van der Waals surface area contributed by atoms with E-state index < -0.39 is 0 Å². The average Bonchev–Trinajstić information content (AvgIpc) is 2.93. The smallest absolute Gasteiger partial charge is 0.357 e. The van der Waals surface area contributed by atoms with E-state index in [1.165, 1.54) is 5.56 Å². The second-order valence-corrected chi connectivity index (χ2v) is 5.53. The van der Waals surface area contributed by atoms with Crippen LogP contribution in [0.25, 0.3) is 4.85 Å². The summed E-state index contributed by atoms with van der Waals surface area (Å²) in [5.41, 5.74) is 3.20. The van der Waals surface area contributed by atoms with Crippen molar-refractivity contribution in [1.29, 1.82) is 0 Å². The van der Waals surface area contributed by atoms with Gasteiger partial charge in [0.2, 0.25) is 0 Å². The van der Waals surface area contributed by atoms with Gasteiger partial charge in [0.05, 0.1) is 12.5 Å². The fraction of sp³-hybridized carbons (Fsp3) is 0.278. The van der Waals surface area contributed by atoms with E-state index in [0.29, 0.717) is 12.4 Å². The van der Waals surface area contributed by atoms with Crippen LogP contribution < -0.4 is 14.2 Å². The normalized spacial score (nSPS) is 20.7. The molecule has 4 nitrogen and oxygen atoms in total. The van der Waals surface area contributed by atoms with Crippen molar-refractivity contribution in [2.45, 2.75) is 18.9 Å². The number of hydrogen-bond donors (Lipinski definition) is 0. The Bertz CT molecular complexity index is 778. The van der Waals surface area contributed by atoms with E-state index in [1.54, 1.807) is 0 Å². The standard InChI is InChI=1S/C18H15NO3/c1-11-15(21-10-19-2)8-7-13-17(11)20-9-14-12-5-3-4-6-16(12)22-18(13)14/h3-8,14,18H,9-10H2,1H3. The highest BCUT2D eigenvalue weighted by Crippen LogP contribution is 2.52. The van der Waals surface area contributed by atoms with Crippen molar-refractivity contribution < 1.29 is 14.2 Å². The summed E-state index contributed by atoms with van der Waals surface area (Å²) in [5.74, 6) is 2.71. The molecule has 2 aliphatic rings. The van der Waals surface area contributed by atoms with Crippen molar-refractivity contribution in [3.05, 3.63) is 64.5 Å². The van der Waals surface area contributed by atoms with Gasteiger partial charge < -0.3 is 14.2 Å². The molecule has 4 heteroatoms. The van der Waals surface area contributed by atoms with Gasteiger partial charge in [-0.1, -0.05) is 18.2 Å². The summed E-state index contributed by atoms with van der Waals surface area (Å²) < 4.78 is 17.6. The van der Waals surface area contributed by atoms with E-state index in [-0.39, 0.29) is 18.8 Å². The molecule has 0 aromatic heterocycles. The highest BCUT2D eigenvalue weighted by molar-refractivity contribution is 5.55. The lowest BCUT2D eigenvalue weighted by Gasteiger charge is -2.29. The van der Waals surface area contributed by atoms with Gasteiger partial charge in [0.15, 0.2) is 0 Å². The third kappa shape index (κ3) is 1.82. The average molecular weight is 293 g/mol. The number of para-hydroxylation sites is 1. The third-order valence-corrected chi connectivity index (χ3v) is 4.32. The lowest BCUT2D eigenvalue weighted by atomic mass is 9.88. The van der Waals surface area contributed by atoms with Crippen molar-refractivity contribution in [2.24, 2.45) is 0 Å². The Hall–Kier alpha value is -2.67. The zero-order valence-corrected chi connectivity index (χ0v) is 12.2. The van der Waals surface area contributed by atoms with E-state index in [9.17, 15) is 0 Å². The number of nitrogens with zero attached hydrogens (tertiary/aromatic N) is 1. The summed E-state index contributed by atoms with van der Waals surface area (Å²) in [6, 6.07) is 12.0. The van der Waals surface area contributed by atoms with Crippen LogP contribution >= 0.6 is 0 Å². The molecule has 0 N–H and O–H groups in total. The molecule has 0 fully saturated rings. The van der Waals surface area contributed by atoms with E-state index in [4.69, 9.17) is 20.8 Å². The Balaban J connectivity index is 1.73. The molecular weight excluding hydrogens is 278 g/mol. The monoisotopic (exact) mass is 293 g/mol.